The molecule has 0 bridgehead atoms. The fraction of sp³-hybridized carbons (Fsp3) is 0.273. The molecule has 1 aromatic carbocycles. The van der Waals surface area contributed by atoms with E-state index in [1.165, 1.54) is 6.07 Å². The first kappa shape index (κ1) is 13.1. The van der Waals surface area contributed by atoms with Gasteiger partial charge in [0.25, 0.3) is 5.91 Å². The van der Waals surface area contributed by atoms with Crippen LogP contribution in [0.4, 0.5) is 0 Å². The summed E-state index contributed by atoms with van der Waals surface area (Å²) < 4.78 is 0. The fourth-order valence-corrected chi connectivity index (χ4v) is 2.02. The topological polar surface area (TPSA) is 77.0 Å². The van der Waals surface area contributed by atoms with Crippen molar-refractivity contribution in [3.05, 3.63) is 33.8 Å². The number of rotatable bonds is 2. The Morgan fingerprint density at radius 1 is 1.50 bits per heavy atom. The molecule has 0 radical (unpaired) electrons. The quantitative estimate of drug-likeness (QED) is 0.765. The number of benzene rings is 1. The molecule has 2 atom stereocenters. The van der Waals surface area contributed by atoms with Gasteiger partial charge in [0.1, 0.15) is 6.17 Å². The number of nitriles is 1. The second kappa shape index (κ2) is 5.55. The molecule has 1 saturated heterocycles. The van der Waals surface area contributed by atoms with E-state index in [0.717, 1.165) is 0 Å². The van der Waals surface area contributed by atoms with Gasteiger partial charge in [0.15, 0.2) is 0 Å². The maximum absolute atomic E-state index is 12.0. The molecule has 0 spiro atoms. The van der Waals surface area contributed by atoms with Crippen molar-refractivity contribution in [1.82, 2.24) is 16.2 Å². The highest BCUT2D eigenvalue weighted by atomic mass is 35.5. The Morgan fingerprint density at radius 2 is 2.28 bits per heavy atom. The lowest BCUT2D eigenvalue weighted by atomic mass is 10.1. The first-order chi connectivity index (χ1) is 8.61. The number of hydrogen-bond acceptors (Lipinski definition) is 4. The van der Waals surface area contributed by atoms with Crippen molar-refractivity contribution < 1.29 is 4.79 Å². The molecular weight excluding hydrogens is 275 g/mol. The minimum atomic E-state index is -0.447. The number of carbonyl (C=O) groups is 1. The maximum Gasteiger partial charge on any atom is 0.254 e. The predicted octanol–water partition coefficient (Wildman–Crippen LogP) is 1.30. The van der Waals surface area contributed by atoms with E-state index in [0.29, 0.717) is 16.6 Å². The summed E-state index contributed by atoms with van der Waals surface area (Å²) in [7, 11) is 0. The van der Waals surface area contributed by atoms with Gasteiger partial charge in [-0.2, -0.15) is 5.26 Å². The third-order valence-electron chi connectivity index (χ3n) is 2.61. The van der Waals surface area contributed by atoms with Gasteiger partial charge in [-0.25, -0.2) is 5.43 Å². The van der Waals surface area contributed by atoms with Crippen LogP contribution in [0.1, 0.15) is 10.4 Å². The first-order valence-corrected chi connectivity index (χ1v) is 6.01. The summed E-state index contributed by atoms with van der Waals surface area (Å²) in [6.07, 6.45) is -0.447. The Morgan fingerprint density at radius 3 is 3.00 bits per heavy atom. The van der Waals surface area contributed by atoms with Gasteiger partial charge in [-0.15, -0.1) is 0 Å². The number of halogens is 2. The normalized spacial score (nSPS) is 22.5. The summed E-state index contributed by atoms with van der Waals surface area (Å²) in [6, 6.07) is 6.75. The smallest absolute Gasteiger partial charge is 0.254 e. The molecule has 1 heterocycles. The predicted molar refractivity (Wildman–Crippen MR) is 68.0 cm³/mol. The average molecular weight is 285 g/mol. The van der Waals surface area contributed by atoms with E-state index in [2.05, 4.69) is 22.2 Å². The lowest BCUT2D eigenvalue weighted by Crippen LogP contribution is -2.46. The SMILES string of the molecule is N#CC1CNNC1NC(=O)c1cc(Cl)ccc1Cl. The van der Waals surface area contributed by atoms with Crippen molar-refractivity contribution in [2.45, 2.75) is 6.17 Å². The molecule has 94 valence electrons. The van der Waals surface area contributed by atoms with Crippen LogP contribution in [0.15, 0.2) is 18.2 Å². The van der Waals surface area contributed by atoms with Gasteiger partial charge < -0.3 is 5.32 Å². The van der Waals surface area contributed by atoms with Gasteiger partial charge in [-0.1, -0.05) is 23.2 Å². The van der Waals surface area contributed by atoms with Crippen molar-refractivity contribution in [3.8, 4) is 6.07 Å². The second-order valence-electron chi connectivity index (χ2n) is 3.84. The van der Waals surface area contributed by atoms with Crippen LogP contribution in [0.25, 0.3) is 0 Å². The third-order valence-corrected chi connectivity index (χ3v) is 3.17. The minimum absolute atomic E-state index is 0.287. The van der Waals surface area contributed by atoms with Gasteiger partial charge >= 0.3 is 0 Å². The van der Waals surface area contributed by atoms with E-state index in [9.17, 15) is 4.79 Å². The highest BCUT2D eigenvalue weighted by molar-refractivity contribution is 6.35. The van der Waals surface area contributed by atoms with E-state index in [1.807, 2.05) is 0 Å². The Kier molecular flexibility index (Phi) is 4.04. The van der Waals surface area contributed by atoms with E-state index >= 15 is 0 Å². The largest absolute Gasteiger partial charge is 0.334 e. The zero-order valence-corrected chi connectivity index (χ0v) is 10.7. The van der Waals surface area contributed by atoms with Gasteiger partial charge in [0.2, 0.25) is 0 Å². The first-order valence-electron chi connectivity index (χ1n) is 5.25. The van der Waals surface area contributed by atoms with Gasteiger partial charge in [-0.05, 0) is 18.2 Å². The minimum Gasteiger partial charge on any atom is -0.334 e. The molecule has 0 saturated carbocycles. The molecule has 0 aromatic heterocycles. The third kappa shape index (κ3) is 2.74. The number of hydrazine groups is 1. The van der Waals surface area contributed by atoms with Crippen molar-refractivity contribution in [2.24, 2.45) is 5.92 Å². The van der Waals surface area contributed by atoms with Crippen LogP contribution in [-0.4, -0.2) is 18.6 Å². The second-order valence-corrected chi connectivity index (χ2v) is 4.68. The van der Waals surface area contributed by atoms with Crippen LogP contribution in [0.2, 0.25) is 10.0 Å². The van der Waals surface area contributed by atoms with Gasteiger partial charge in [0, 0.05) is 11.6 Å². The molecule has 1 aliphatic heterocycles. The van der Waals surface area contributed by atoms with Crippen molar-refractivity contribution in [1.29, 1.82) is 5.26 Å². The summed E-state index contributed by atoms with van der Waals surface area (Å²) in [4.78, 5) is 12.0. The molecule has 1 amide bonds. The molecule has 7 heteroatoms. The summed E-state index contributed by atoms with van der Waals surface area (Å²) >= 11 is 11.7. The molecule has 2 rings (SSSR count). The highest BCUT2D eigenvalue weighted by Crippen LogP contribution is 2.20. The van der Waals surface area contributed by atoms with E-state index in [-0.39, 0.29) is 17.4 Å². The van der Waals surface area contributed by atoms with Crippen LogP contribution in [0.3, 0.4) is 0 Å². The number of nitrogens with one attached hydrogen (secondary N) is 3. The average Bonchev–Trinajstić information content (AvgIpc) is 2.79. The molecule has 5 nitrogen and oxygen atoms in total. The Bertz CT molecular complexity index is 514. The Hall–Kier alpha value is -1.32. The molecule has 0 aliphatic carbocycles. The van der Waals surface area contributed by atoms with Crippen LogP contribution < -0.4 is 16.2 Å². The zero-order valence-electron chi connectivity index (χ0n) is 9.21. The van der Waals surface area contributed by atoms with E-state index in [4.69, 9.17) is 28.5 Å². The van der Waals surface area contributed by atoms with Crippen LogP contribution in [-0.2, 0) is 0 Å². The summed E-state index contributed by atoms with van der Waals surface area (Å²) in [5.74, 6) is -0.698. The van der Waals surface area contributed by atoms with Crippen LogP contribution >= 0.6 is 23.2 Å². The van der Waals surface area contributed by atoms with Gasteiger partial charge in [-0.3, -0.25) is 10.2 Å². The Balaban J connectivity index is 2.13. The van der Waals surface area contributed by atoms with Crippen molar-refractivity contribution >= 4 is 29.1 Å². The molecule has 1 aliphatic rings. The molecule has 18 heavy (non-hydrogen) atoms. The molecule has 1 aromatic rings. The monoisotopic (exact) mass is 284 g/mol. The number of hydrogen-bond donors (Lipinski definition) is 3. The molecule has 3 N–H and O–H groups in total. The van der Waals surface area contributed by atoms with Crippen LogP contribution in [0.5, 0.6) is 0 Å². The number of carbonyl (C=O) groups excluding carboxylic acids is 1. The van der Waals surface area contributed by atoms with E-state index < -0.39 is 6.17 Å². The standard InChI is InChI=1S/C11H10Cl2N4O/c12-7-1-2-9(13)8(3-7)11(18)16-10-6(4-14)5-15-17-10/h1-3,6,10,15,17H,5H2,(H,16,18). The summed E-state index contributed by atoms with van der Waals surface area (Å²) in [5.41, 5.74) is 5.91. The molecular formula is C11H10Cl2N4O. The molecule has 1 fully saturated rings. The maximum atomic E-state index is 12.0. The number of amides is 1. The zero-order chi connectivity index (χ0) is 13.1. The fourth-order valence-electron chi connectivity index (χ4n) is 1.64. The highest BCUT2D eigenvalue weighted by Gasteiger charge is 2.28. The van der Waals surface area contributed by atoms with Crippen LogP contribution in [0, 0.1) is 17.2 Å². The van der Waals surface area contributed by atoms with Gasteiger partial charge in [0.05, 0.1) is 22.6 Å². The Labute approximate surface area is 114 Å². The summed E-state index contributed by atoms with van der Waals surface area (Å²) in [6.45, 7) is 0.477. The van der Waals surface area contributed by atoms with Crippen molar-refractivity contribution in [3.63, 3.8) is 0 Å². The van der Waals surface area contributed by atoms with E-state index in [1.54, 1.807) is 12.1 Å². The lowest BCUT2D eigenvalue weighted by Gasteiger charge is -2.15. The molecule has 2 unspecified atom stereocenters. The number of nitrogens with zero attached hydrogens (tertiary/aromatic N) is 1. The lowest BCUT2D eigenvalue weighted by molar-refractivity contribution is 0.0927. The van der Waals surface area contributed by atoms with Crippen molar-refractivity contribution in [2.75, 3.05) is 6.54 Å². The summed E-state index contributed by atoms with van der Waals surface area (Å²) in [5, 5.41) is 12.3.